The van der Waals surface area contributed by atoms with Gasteiger partial charge in [0, 0.05) is 17.5 Å². The summed E-state index contributed by atoms with van der Waals surface area (Å²) in [4.78, 5) is 35.6. The number of aromatic amines is 1. The zero-order valence-corrected chi connectivity index (χ0v) is 19.4. The summed E-state index contributed by atoms with van der Waals surface area (Å²) in [6.07, 6.45) is 2.89. The summed E-state index contributed by atoms with van der Waals surface area (Å²) in [6, 6.07) is 9.37. The maximum absolute atomic E-state index is 12.9. The van der Waals surface area contributed by atoms with Gasteiger partial charge in [-0.2, -0.15) is 5.21 Å². The fourth-order valence-corrected chi connectivity index (χ4v) is 5.13. The molecule has 1 aromatic carbocycles. The third-order valence-electron chi connectivity index (χ3n) is 5.89. The number of thiophene rings is 1. The van der Waals surface area contributed by atoms with E-state index in [9.17, 15) is 9.59 Å². The average molecular weight is 475 g/mol. The second kappa shape index (κ2) is 9.10. The van der Waals surface area contributed by atoms with Crippen molar-refractivity contribution in [2.75, 3.05) is 0 Å². The van der Waals surface area contributed by atoms with Crippen LogP contribution in [-0.2, 0) is 13.0 Å². The molecule has 3 heterocycles. The fraction of sp³-hybridized carbons (Fsp3) is 0.261. The minimum atomic E-state index is -0.360. The molecule has 0 radical (unpaired) electrons. The molecule has 1 aliphatic rings. The summed E-state index contributed by atoms with van der Waals surface area (Å²) in [7, 11) is 0. The zero-order chi connectivity index (χ0) is 23.7. The first-order chi connectivity index (χ1) is 16.5. The van der Waals surface area contributed by atoms with Gasteiger partial charge in [0.15, 0.2) is 0 Å². The number of nitrogens with zero attached hydrogens (tertiary/aromatic N) is 5. The molecule has 0 unspecified atom stereocenters. The van der Waals surface area contributed by atoms with Gasteiger partial charge in [-0.1, -0.05) is 18.2 Å². The summed E-state index contributed by atoms with van der Waals surface area (Å²) >= 11 is 1.54. The number of carbonyl (C=O) groups excluding carboxylic acids is 2. The SMILES string of the molecule is Cc1ccc(CNC(=O)c2cc(C(=O)N[C@H]3CCc4cc(-c5nn[nH]n5)sc43)ncn2)cc1C. The van der Waals surface area contributed by atoms with E-state index in [1.54, 1.807) is 11.3 Å². The Morgan fingerprint density at radius 3 is 2.68 bits per heavy atom. The Bertz CT molecular complexity index is 1370. The van der Waals surface area contributed by atoms with Gasteiger partial charge in [0.2, 0.25) is 5.82 Å². The number of amides is 2. The molecule has 2 amide bonds. The molecule has 0 aliphatic heterocycles. The van der Waals surface area contributed by atoms with E-state index in [0.29, 0.717) is 12.4 Å². The van der Waals surface area contributed by atoms with Crippen molar-refractivity contribution in [3.8, 4) is 10.7 Å². The molecule has 0 spiro atoms. The van der Waals surface area contributed by atoms with Gasteiger partial charge >= 0.3 is 0 Å². The monoisotopic (exact) mass is 474 g/mol. The lowest BCUT2D eigenvalue weighted by Crippen LogP contribution is -2.29. The van der Waals surface area contributed by atoms with Crippen molar-refractivity contribution in [2.45, 2.75) is 39.3 Å². The molecule has 5 rings (SSSR count). The van der Waals surface area contributed by atoms with Crippen LogP contribution >= 0.6 is 11.3 Å². The molecule has 4 aromatic rings. The number of fused-ring (bicyclic) bond motifs is 1. The molecule has 0 saturated carbocycles. The molecule has 3 aromatic heterocycles. The predicted octanol–water partition coefficient (Wildman–Crippen LogP) is 2.68. The Kier molecular flexibility index (Phi) is 5.84. The lowest BCUT2D eigenvalue weighted by atomic mass is 10.1. The molecular formula is C23H22N8O2S. The first-order valence-electron chi connectivity index (χ1n) is 10.8. The van der Waals surface area contributed by atoms with Crippen molar-refractivity contribution in [1.82, 2.24) is 41.2 Å². The van der Waals surface area contributed by atoms with E-state index in [1.807, 2.05) is 38.1 Å². The van der Waals surface area contributed by atoms with Crippen LogP contribution in [0, 0.1) is 13.8 Å². The van der Waals surface area contributed by atoms with Crippen LogP contribution in [0.25, 0.3) is 10.7 Å². The summed E-state index contributed by atoms with van der Waals surface area (Å²) < 4.78 is 0. The minimum Gasteiger partial charge on any atom is -0.347 e. The Hall–Kier alpha value is -3.99. The van der Waals surface area contributed by atoms with Crippen LogP contribution in [0.4, 0.5) is 0 Å². The van der Waals surface area contributed by atoms with Gasteiger partial charge in [-0.3, -0.25) is 9.59 Å². The van der Waals surface area contributed by atoms with Gasteiger partial charge in [0.1, 0.15) is 17.7 Å². The number of tetrazole rings is 1. The maximum atomic E-state index is 12.9. The van der Waals surface area contributed by atoms with Crippen molar-refractivity contribution in [3.63, 3.8) is 0 Å². The summed E-state index contributed by atoms with van der Waals surface area (Å²) in [6.45, 7) is 4.45. The van der Waals surface area contributed by atoms with E-state index in [-0.39, 0.29) is 29.2 Å². The highest BCUT2D eigenvalue weighted by Gasteiger charge is 2.28. The standard InChI is InChI=1S/C23H22N8O2S/c1-12-3-4-14(7-13(12)2)10-24-22(32)17-9-18(26-11-25-17)23(33)27-16-6-5-15-8-19(34-20(15)16)21-28-30-31-29-21/h3-4,7-9,11,16H,5-6,10H2,1-2H3,(H,24,32)(H,27,33)(H,28,29,30,31)/t16-/m0/s1. The van der Waals surface area contributed by atoms with Gasteiger partial charge < -0.3 is 10.6 Å². The second-order valence-corrected chi connectivity index (χ2v) is 9.27. The molecule has 0 saturated heterocycles. The van der Waals surface area contributed by atoms with Crippen molar-refractivity contribution in [3.05, 3.63) is 75.2 Å². The molecule has 11 heteroatoms. The van der Waals surface area contributed by atoms with Crippen LogP contribution in [0.5, 0.6) is 0 Å². The van der Waals surface area contributed by atoms with Crippen LogP contribution in [-0.4, -0.2) is 42.4 Å². The average Bonchev–Trinajstić information content (AvgIpc) is 3.58. The second-order valence-electron chi connectivity index (χ2n) is 8.19. The van der Waals surface area contributed by atoms with E-state index >= 15 is 0 Å². The van der Waals surface area contributed by atoms with E-state index in [4.69, 9.17) is 0 Å². The minimum absolute atomic E-state index is 0.134. The molecule has 0 fully saturated rings. The van der Waals surface area contributed by atoms with Crippen molar-refractivity contribution in [2.24, 2.45) is 0 Å². The zero-order valence-electron chi connectivity index (χ0n) is 18.6. The van der Waals surface area contributed by atoms with E-state index in [2.05, 4.69) is 41.2 Å². The third-order valence-corrected chi connectivity index (χ3v) is 7.18. The number of aryl methyl sites for hydroxylation is 3. The summed E-state index contributed by atoms with van der Waals surface area (Å²) in [5.74, 6) is -0.171. The lowest BCUT2D eigenvalue weighted by molar-refractivity contribution is 0.0932. The Balaban J connectivity index is 1.24. The highest BCUT2D eigenvalue weighted by molar-refractivity contribution is 7.15. The van der Waals surface area contributed by atoms with Crippen LogP contribution in [0.1, 0.15) is 60.6 Å². The van der Waals surface area contributed by atoms with Crippen LogP contribution in [0.3, 0.4) is 0 Å². The topological polar surface area (TPSA) is 138 Å². The van der Waals surface area contributed by atoms with Gasteiger partial charge in [0.05, 0.1) is 10.9 Å². The largest absolute Gasteiger partial charge is 0.347 e. The van der Waals surface area contributed by atoms with Crippen LogP contribution in [0.15, 0.2) is 36.7 Å². The van der Waals surface area contributed by atoms with Crippen molar-refractivity contribution < 1.29 is 9.59 Å². The quantitative estimate of drug-likeness (QED) is 0.390. The molecule has 1 aliphatic carbocycles. The molecule has 3 N–H and O–H groups in total. The third kappa shape index (κ3) is 4.42. The van der Waals surface area contributed by atoms with E-state index in [1.165, 1.54) is 23.5 Å². The highest BCUT2D eigenvalue weighted by Crippen LogP contribution is 2.40. The number of nitrogens with one attached hydrogen (secondary N) is 3. The normalized spacial score (nSPS) is 14.6. The van der Waals surface area contributed by atoms with Gasteiger partial charge in [-0.15, -0.1) is 21.5 Å². The Morgan fingerprint density at radius 2 is 1.91 bits per heavy atom. The Labute approximate surface area is 199 Å². The predicted molar refractivity (Wildman–Crippen MR) is 125 cm³/mol. The van der Waals surface area contributed by atoms with Crippen LogP contribution < -0.4 is 10.6 Å². The lowest BCUT2D eigenvalue weighted by Gasteiger charge is -2.12. The first-order valence-corrected chi connectivity index (χ1v) is 11.6. The number of aromatic nitrogens is 6. The number of rotatable bonds is 6. The summed E-state index contributed by atoms with van der Waals surface area (Å²) in [5.41, 5.74) is 4.82. The first kappa shape index (κ1) is 21.8. The molecular weight excluding hydrogens is 452 g/mol. The van der Waals surface area contributed by atoms with Gasteiger partial charge in [-0.25, -0.2) is 9.97 Å². The van der Waals surface area contributed by atoms with E-state index < -0.39 is 0 Å². The highest BCUT2D eigenvalue weighted by atomic mass is 32.1. The van der Waals surface area contributed by atoms with Crippen molar-refractivity contribution >= 4 is 23.2 Å². The summed E-state index contributed by atoms with van der Waals surface area (Å²) in [5, 5.41) is 20.0. The van der Waals surface area contributed by atoms with Crippen LogP contribution in [0.2, 0.25) is 0 Å². The van der Waals surface area contributed by atoms with Gasteiger partial charge in [-0.05, 0) is 60.2 Å². The van der Waals surface area contributed by atoms with E-state index in [0.717, 1.165) is 33.7 Å². The number of H-pyrrole nitrogens is 1. The number of carbonyl (C=O) groups is 2. The smallest absolute Gasteiger partial charge is 0.270 e. The molecule has 34 heavy (non-hydrogen) atoms. The van der Waals surface area contributed by atoms with Gasteiger partial charge in [0.25, 0.3) is 11.8 Å². The molecule has 172 valence electrons. The number of benzene rings is 1. The molecule has 10 nitrogen and oxygen atoms in total. The maximum Gasteiger partial charge on any atom is 0.270 e. The number of hydrogen-bond donors (Lipinski definition) is 3. The molecule has 1 atom stereocenters. The fourth-order valence-electron chi connectivity index (χ4n) is 3.90. The van der Waals surface area contributed by atoms with Crippen molar-refractivity contribution in [1.29, 1.82) is 0 Å². The Morgan fingerprint density at radius 1 is 1.09 bits per heavy atom. The number of hydrogen-bond acceptors (Lipinski definition) is 8. The molecule has 0 bridgehead atoms.